The van der Waals surface area contributed by atoms with Crippen molar-refractivity contribution < 1.29 is 14.6 Å². The maximum atomic E-state index is 11.3. The summed E-state index contributed by atoms with van der Waals surface area (Å²) >= 11 is 0. The molecule has 0 aliphatic carbocycles. The summed E-state index contributed by atoms with van der Waals surface area (Å²) in [6, 6.07) is 8.17. The van der Waals surface area contributed by atoms with Crippen molar-refractivity contribution in [2.75, 3.05) is 20.2 Å². The number of ether oxygens (including phenoxy) is 1. The first kappa shape index (κ1) is 13.9. The molecule has 1 fully saturated rings. The predicted octanol–water partition coefficient (Wildman–Crippen LogP) is 2.55. The standard InChI is InChI=1S/C15H21NO3/c1-11(12-5-4-6-13(9-12)19-3)16-8-7-15(2,10-16)14(17)18/h4-6,9,11H,7-8,10H2,1-3H3,(H,17,18). The third-order valence-electron chi connectivity index (χ3n) is 4.14. The Balaban J connectivity index is 2.12. The minimum absolute atomic E-state index is 0.205. The summed E-state index contributed by atoms with van der Waals surface area (Å²) in [6.45, 7) is 5.36. The number of hydrogen-bond acceptors (Lipinski definition) is 3. The highest BCUT2D eigenvalue weighted by Gasteiger charge is 2.41. The molecule has 1 heterocycles. The summed E-state index contributed by atoms with van der Waals surface area (Å²) in [7, 11) is 1.65. The molecule has 1 aromatic rings. The van der Waals surface area contributed by atoms with E-state index in [1.54, 1.807) is 7.11 Å². The van der Waals surface area contributed by atoms with Crippen LogP contribution in [-0.4, -0.2) is 36.2 Å². The molecule has 4 heteroatoms. The van der Waals surface area contributed by atoms with E-state index in [2.05, 4.69) is 17.9 Å². The summed E-state index contributed by atoms with van der Waals surface area (Å²) in [6.07, 6.45) is 0.705. The summed E-state index contributed by atoms with van der Waals surface area (Å²) < 4.78 is 5.23. The number of nitrogens with zero attached hydrogens (tertiary/aromatic N) is 1. The maximum absolute atomic E-state index is 11.3. The SMILES string of the molecule is COc1cccc(C(C)N2CCC(C)(C(=O)O)C2)c1. The topological polar surface area (TPSA) is 49.8 Å². The smallest absolute Gasteiger partial charge is 0.310 e. The molecule has 1 aliphatic heterocycles. The zero-order valence-electron chi connectivity index (χ0n) is 11.7. The van der Waals surface area contributed by atoms with E-state index in [9.17, 15) is 9.90 Å². The molecular formula is C15H21NO3. The van der Waals surface area contributed by atoms with E-state index in [4.69, 9.17) is 4.74 Å². The lowest BCUT2D eigenvalue weighted by atomic mass is 9.90. The Bertz CT molecular complexity index is 474. The molecule has 1 saturated heterocycles. The number of likely N-dealkylation sites (tertiary alicyclic amines) is 1. The van der Waals surface area contributed by atoms with Gasteiger partial charge in [0.2, 0.25) is 0 Å². The maximum Gasteiger partial charge on any atom is 0.310 e. The molecule has 1 N–H and O–H groups in total. The van der Waals surface area contributed by atoms with Gasteiger partial charge in [-0.2, -0.15) is 0 Å². The van der Waals surface area contributed by atoms with E-state index in [0.29, 0.717) is 13.0 Å². The summed E-state index contributed by atoms with van der Waals surface area (Å²) in [5, 5.41) is 9.28. The fraction of sp³-hybridized carbons (Fsp3) is 0.533. The van der Waals surface area contributed by atoms with Crippen LogP contribution in [-0.2, 0) is 4.79 Å². The fourth-order valence-electron chi connectivity index (χ4n) is 2.61. The number of rotatable bonds is 4. The molecule has 0 saturated carbocycles. The number of hydrogen-bond donors (Lipinski definition) is 1. The van der Waals surface area contributed by atoms with Crippen molar-refractivity contribution in [3.63, 3.8) is 0 Å². The fourth-order valence-corrected chi connectivity index (χ4v) is 2.61. The second kappa shape index (κ2) is 5.21. The average molecular weight is 263 g/mol. The molecule has 0 radical (unpaired) electrons. The zero-order valence-corrected chi connectivity index (χ0v) is 11.7. The predicted molar refractivity (Wildman–Crippen MR) is 73.3 cm³/mol. The van der Waals surface area contributed by atoms with Crippen LogP contribution in [0.3, 0.4) is 0 Å². The number of methoxy groups -OCH3 is 1. The van der Waals surface area contributed by atoms with Gasteiger partial charge in [-0.15, -0.1) is 0 Å². The molecule has 2 atom stereocenters. The molecule has 0 bridgehead atoms. The molecule has 0 amide bonds. The van der Waals surface area contributed by atoms with Crippen LogP contribution in [0.15, 0.2) is 24.3 Å². The molecule has 4 nitrogen and oxygen atoms in total. The van der Waals surface area contributed by atoms with E-state index in [-0.39, 0.29) is 6.04 Å². The summed E-state index contributed by atoms with van der Waals surface area (Å²) in [5.74, 6) is 0.136. The molecular weight excluding hydrogens is 242 g/mol. The molecule has 0 aromatic heterocycles. The Kier molecular flexibility index (Phi) is 3.80. The average Bonchev–Trinajstić information content (AvgIpc) is 2.82. The Labute approximate surface area is 114 Å². The first-order valence-corrected chi connectivity index (χ1v) is 6.58. The Hall–Kier alpha value is -1.55. The first-order valence-electron chi connectivity index (χ1n) is 6.58. The van der Waals surface area contributed by atoms with Gasteiger partial charge >= 0.3 is 5.97 Å². The van der Waals surface area contributed by atoms with Crippen molar-refractivity contribution >= 4 is 5.97 Å². The first-order chi connectivity index (χ1) is 8.96. The van der Waals surface area contributed by atoms with Crippen LogP contribution in [0.5, 0.6) is 5.75 Å². The van der Waals surface area contributed by atoms with Crippen molar-refractivity contribution in [1.29, 1.82) is 0 Å². The van der Waals surface area contributed by atoms with Crippen molar-refractivity contribution in [3.8, 4) is 5.75 Å². The molecule has 104 valence electrons. The van der Waals surface area contributed by atoms with Crippen LogP contribution < -0.4 is 4.74 Å². The van der Waals surface area contributed by atoms with Crippen LogP contribution in [0.4, 0.5) is 0 Å². The van der Waals surface area contributed by atoms with E-state index in [1.807, 2.05) is 25.1 Å². The van der Waals surface area contributed by atoms with Gasteiger partial charge in [-0.25, -0.2) is 0 Å². The summed E-state index contributed by atoms with van der Waals surface area (Å²) in [5.41, 5.74) is 0.543. The van der Waals surface area contributed by atoms with Gasteiger partial charge in [0.25, 0.3) is 0 Å². The van der Waals surface area contributed by atoms with Crippen LogP contribution in [0.1, 0.15) is 31.9 Å². The second-order valence-corrected chi connectivity index (χ2v) is 5.54. The van der Waals surface area contributed by atoms with Crippen LogP contribution >= 0.6 is 0 Å². The lowest BCUT2D eigenvalue weighted by Gasteiger charge is -2.26. The van der Waals surface area contributed by atoms with Crippen LogP contribution in [0.25, 0.3) is 0 Å². The van der Waals surface area contributed by atoms with E-state index in [0.717, 1.165) is 17.9 Å². The minimum Gasteiger partial charge on any atom is -0.497 e. The van der Waals surface area contributed by atoms with Crippen molar-refractivity contribution in [2.24, 2.45) is 5.41 Å². The lowest BCUT2D eigenvalue weighted by Crippen LogP contribution is -2.32. The molecule has 2 unspecified atom stereocenters. The Morgan fingerprint density at radius 1 is 1.53 bits per heavy atom. The number of carboxylic acid groups (broad SMARTS) is 1. The molecule has 1 aliphatic rings. The van der Waals surface area contributed by atoms with Crippen molar-refractivity contribution in [3.05, 3.63) is 29.8 Å². The van der Waals surface area contributed by atoms with E-state index >= 15 is 0 Å². The van der Waals surface area contributed by atoms with Crippen LogP contribution in [0.2, 0.25) is 0 Å². The normalized spacial score (nSPS) is 25.2. The van der Waals surface area contributed by atoms with Gasteiger partial charge in [0.1, 0.15) is 5.75 Å². The Morgan fingerprint density at radius 2 is 2.26 bits per heavy atom. The molecule has 0 spiro atoms. The highest BCUT2D eigenvalue weighted by Crippen LogP contribution is 2.35. The summed E-state index contributed by atoms with van der Waals surface area (Å²) in [4.78, 5) is 13.5. The van der Waals surface area contributed by atoms with Gasteiger partial charge in [-0.1, -0.05) is 12.1 Å². The highest BCUT2D eigenvalue weighted by molar-refractivity contribution is 5.74. The number of carbonyl (C=O) groups is 1. The van der Waals surface area contributed by atoms with Crippen molar-refractivity contribution in [1.82, 2.24) is 4.90 Å². The second-order valence-electron chi connectivity index (χ2n) is 5.54. The third-order valence-corrected chi connectivity index (χ3v) is 4.14. The zero-order chi connectivity index (χ0) is 14.0. The van der Waals surface area contributed by atoms with E-state index in [1.165, 1.54) is 0 Å². The quantitative estimate of drug-likeness (QED) is 0.907. The molecule has 19 heavy (non-hydrogen) atoms. The van der Waals surface area contributed by atoms with Gasteiger partial charge in [-0.05, 0) is 44.5 Å². The van der Waals surface area contributed by atoms with Gasteiger partial charge in [-0.3, -0.25) is 9.69 Å². The number of aliphatic carboxylic acids is 1. The van der Waals surface area contributed by atoms with E-state index < -0.39 is 11.4 Å². The molecule has 1 aromatic carbocycles. The van der Waals surface area contributed by atoms with Crippen molar-refractivity contribution in [2.45, 2.75) is 26.3 Å². The van der Waals surface area contributed by atoms with Crippen LogP contribution in [0, 0.1) is 5.41 Å². The lowest BCUT2D eigenvalue weighted by molar-refractivity contribution is -0.147. The molecule has 2 rings (SSSR count). The number of benzene rings is 1. The number of carboxylic acids is 1. The Morgan fingerprint density at radius 3 is 2.84 bits per heavy atom. The van der Waals surface area contributed by atoms with Gasteiger partial charge in [0, 0.05) is 12.6 Å². The van der Waals surface area contributed by atoms with Gasteiger partial charge in [0.15, 0.2) is 0 Å². The highest BCUT2D eigenvalue weighted by atomic mass is 16.5. The minimum atomic E-state index is -0.701. The largest absolute Gasteiger partial charge is 0.497 e. The van der Waals surface area contributed by atoms with Gasteiger partial charge < -0.3 is 9.84 Å². The monoisotopic (exact) mass is 263 g/mol. The van der Waals surface area contributed by atoms with Gasteiger partial charge in [0.05, 0.1) is 12.5 Å². The third kappa shape index (κ3) is 2.73.